The van der Waals surface area contributed by atoms with Crippen molar-refractivity contribution in [3.05, 3.63) is 0 Å². The second kappa shape index (κ2) is 8.14. The number of hydrogen-bond acceptors (Lipinski definition) is 4. The first-order valence-electron chi connectivity index (χ1n) is 8.62. The second-order valence-corrected chi connectivity index (χ2v) is 7.17. The van der Waals surface area contributed by atoms with Crippen LogP contribution in [-0.2, 0) is 9.53 Å². The molecule has 1 saturated heterocycles. The zero-order valence-electron chi connectivity index (χ0n) is 13.9. The van der Waals surface area contributed by atoms with Gasteiger partial charge in [-0.15, -0.1) is 0 Å². The average molecular weight is 296 g/mol. The van der Waals surface area contributed by atoms with Crippen molar-refractivity contribution in [1.29, 1.82) is 0 Å². The van der Waals surface area contributed by atoms with Crippen molar-refractivity contribution in [2.45, 2.75) is 64.5 Å². The van der Waals surface area contributed by atoms with Gasteiger partial charge in [0.25, 0.3) is 0 Å². The first-order chi connectivity index (χ1) is 10.1. The summed E-state index contributed by atoms with van der Waals surface area (Å²) in [7, 11) is 1.48. The molecule has 0 aromatic rings. The van der Waals surface area contributed by atoms with Crippen LogP contribution in [0.15, 0.2) is 0 Å². The zero-order chi connectivity index (χ0) is 15.2. The Morgan fingerprint density at radius 3 is 2.62 bits per heavy atom. The lowest BCUT2D eigenvalue weighted by atomic mass is 9.84. The van der Waals surface area contributed by atoms with Crippen LogP contribution in [0.1, 0.15) is 52.4 Å². The third kappa shape index (κ3) is 5.26. The molecule has 0 amide bonds. The minimum atomic E-state index is -0.0735. The van der Waals surface area contributed by atoms with Gasteiger partial charge >= 0.3 is 5.97 Å². The summed E-state index contributed by atoms with van der Waals surface area (Å²) in [4.78, 5) is 13.9. The first-order valence-corrected chi connectivity index (χ1v) is 8.62. The van der Waals surface area contributed by atoms with Crippen LogP contribution in [0, 0.1) is 11.8 Å². The fourth-order valence-electron chi connectivity index (χ4n) is 3.47. The van der Waals surface area contributed by atoms with E-state index >= 15 is 0 Å². The first kappa shape index (κ1) is 16.8. The Labute approximate surface area is 129 Å². The number of likely N-dealkylation sites (tertiary alicyclic amines) is 1. The highest BCUT2D eigenvalue weighted by Crippen LogP contribution is 2.27. The number of hydrogen-bond donors (Lipinski definition) is 1. The van der Waals surface area contributed by atoms with Crippen LogP contribution in [0.3, 0.4) is 0 Å². The van der Waals surface area contributed by atoms with Crippen LogP contribution < -0.4 is 5.32 Å². The van der Waals surface area contributed by atoms with E-state index in [1.807, 2.05) is 0 Å². The largest absolute Gasteiger partial charge is 0.469 e. The summed E-state index contributed by atoms with van der Waals surface area (Å²) < 4.78 is 4.78. The number of carbonyl (C=O) groups is 1. The van der Waals surface area contributed by atoms with Gasteiger partial charge in [0, 0.05) is 31.6 Å². The fourth-order valence-corrected chi connectivity index (χ4v) is 3.47. The van der Waals surface area contributed by atoms with E-state index < -0.39 is 0 Å². The van der Waals surface area contributed by atoms with E-state index in [4.69, 9.17) is 4.74 Å². The highest BCUT2D eigenvalue weighted by Gasteiger charge is 2.29. The van der Waals surface area contributed by atoms with Crippen LogP contribution in [0.4, 0.5) is 0 Å². The van der Waals surface area contributed by atoms with Crippen LogP contribution in [-0.4, -0.2) is 49.7 Å². The molecule has 0 bridgehead atoms. The maximum Gasteiger partial charge on any atom is 0.305 e. The van der Waals surface area contributed by atoms with Gasteiger partial charge in [-0.1, -0.05) is 6.42 Å². The molecule has 1 aliphatic carbocycles. The summed E-state index contributed by atoms with van der Waals surface area (Å²) in [5.74, 6) is 1.45. The van der Waals surface area contributed by atoms with Gasteiger partial charge in [-0.3, -0.25) is 9.69 Å². The average Bonchev–Trinajstić information content (AvgIpc) is 2.42. The van der Waals surface area contributed by atoms with Crippen LogP contribution in [0.2, 0.25) is 0 Å². The molecule has 1 saturated carbocycles. The van der Waals surface area contributed by atoms with Crippen LogP contribution >= 0.6 is 0 Å². The summed E-state index contributed by atoms with van der Waals surface area (Å²) in [5.41, 5.74) is 0. The Balaban J connectivity index is 1.80. The number of nitrogens with zero attached hydrogens (tertiary/aromatic N) is 1. The summed E-state index contributed by atoms with van der Waals surface area (Å²) >= 11 is 0. The SMILES string of the molecule is COC(=O)CCC1CC(NCC2CCC2)CN(C(C)C)C1. The Morgan fingerprint density at radius 2 is 2.05 bits per heavy atom. The lowest BCUT2D eigenvalue weighted by Crippen LogP contribution is -2.52. The van der Waals surface area contributed by atoms with E-state index in [0.29, 0.717) is 24.4 Å². The Morgan fingerprint density at radius 1 is 1.29 bits per heavy atom. The summed E-state index contributed by atoms with van der Waals surface area (Å²) in [6, 6.07) is 1.17. The van der Waals surface area contributed by atoms with Crippen molar-refractivity contribution in [2.24, 2.45) is 11.8 Å². The molecule has 1 aliphatic heterocycles. The van der Waals surface area contributed by atoms with Gasteiger partial charge in [0.2, 0.25) is 0 Å². The van der Waals surface area contributed by atoms with E-state index in [0.717, 1.165) is 25.4 Å². The summed E-state index contributed by atoms with van der Waals surface area (Å²) in [6.45, 7) is 7.99. The highest BCUT2D eigenvalue weighted by atomic mass is 16.5. The topological polar surface area (TPSA) is 41.6 Å². The van der Waals surface area contributed by atoms with Gasteiger partial charge in [0.1, 0.15) is 0 Å². The van der Waals surface area contributed by atoms with Crippen molar-refractivity contribution in [3.8, 4) is 0 Å². The maximum absolute atomic E-state index is 11.4. The molecule has 2 fully saturated rings. The van der Waals surface area contributed by atoms with Gasteiger partial charge in [0.05, 0.1) is 7.11 Å². The molecule has 2 aliphatic rings. The normalized spacial score (nSPS) is 27.6. The molecule has 4 nitrogen and oxygen atoms in total. The number of nitrogens with one attached hydrogen (secondary N) is 1. The minimum Gasteiger partial charge on any atom is -0.469 e. The predicted molar refractivity (Wildman–Crippen MR) is 85.2 cm³/mol. The zero-order valence-corrected chi connectivity index (χ0v) is 13.9. The molecule has 4 heteroatoms. The molecule has 2 rings (SSSR count). The highest BCUT2D eigenvalue weighted by molar-refractivity contribution is 5.69. The van der Waals surface area contributed by atoms with Crippen molar-refractivity contribution < 1.29 is 9.53 Å². The standard InChI is InChI=1S/C17H32N2O2/c1-13(2)19-11-15(7-8-17(20)21-3)9-16(12-19)18-10-14-5-4-6-14/h13-16,18H,4-12H2,1-3H3. The molecule has 122 valence electrons. The van der Waals surface area contributed by atoms with E-state index in [1.165, 1.54) is 39.3 Å². The molecular formula is C17H32N2O2. The Kier molecular flexibility index (Phi) is 6.49. The molecule has 2 unspecified atom stereocenters. The van der Waals surface area contributed by atoms with E-state index in [-0.39, 0.29) is 5.97 Å². The lowest BCUT2D eigenvalue weighted by molar-refractivity contribution is -0.141. The van der Waals surface area contributed by atoms with Crippen LogP contribution in [0.5, 0.6) is 0 Å². The van der Waals surface area contributed by atoms with Gasteiger partial charge < -0.3 is 10.1 Å². The smallest absolute Gasteiger partial charge is 0.305 e. The number of esters is 1. The number of rotatable bonds is 7. The monoisotopic (exact) mass is 296 g/mol. The van der Waals surface area contributed by atoms with Crippen molar-refractivity contribution in [3.63, 3.8) is 0 Å². The van der Waals surface area contributed by atoms with E-state index in [2.05, 4.69) is 24.1 Å². The molecule has 1 N–H and O–H groups in total. The molecule has 0 spiro atoms. The van der Waals surface area contributed by atoms with Crippen molar-refractivity contribution in [2.75, 3.05) is 26.7 Å². The van der Waals surface area contributed by atoms with Crippen molar-refractivity contribution >= 4 is 5.97 Å². The Hall–Kier alpha value is -0.610. The minimum absolute atomic E-state index is 0.0735. The molecule has 2 atom stereocenters. The number of ether oxygens (including phenoxy) is 1. The third-order valence-electron chi connectivity index (χ3n) is 5.20. The molecule has 0 radical (unpaired) electrons. The number of methoxy groups -OCH3 is 1. The summed E-state index contributed by atoms with van der Waals surface area (Å²) in [5, 5.41) is 3.78. The fraction of sp³-hybridized carbons (Fsp3) is 0.941. The van der Waals surface area contributed by atoms with E-state index in [1.54, 1.807) is 0 Å². The quantitative estimate of drug-likeness (QED) is 0.733. The summed E-state index contributed by atoms with van der Waals surface area (Å²) in [6.07, 6.45) is 6.93. The van der Waals surface area contributed by atoms with Gasteiger partial charge in [-0.05, 0) is 57.9 Å². The third-order valence-corrected chi connectivity index (χ3v) is 5.20. The van der Waals surface area contributed by atoms with Gasteiger partial charge in [-0.2, -0.15) is 0 Å². The predicted octanol–water partition coefficient (Wildman–Crippen LogP) is 2.43. The molecular weight excluding hydrogens is 264 g/mol. The second-order valence-electron chi connectivity index (χ2n) is 7.17. The van der Waals surface area contributed by atoms with E-state index in [9.17, 15) is 4.79 Å². The lowest BCUT2D eigenvalue weighted by Gasteiger charge is -2.41. The Bertz CT molecular complexity index is 329. The van der Waals surface area contributed by atoms with Crippen molar-refractivity contribution in [1.82, 2.24) is 10.2 Å². The molecule has 0 aromatic heterocycles. The van der Waals surface area contributed by atoms with Gasteiger partial charge in [0.15, 0.2) is 0 Å². The number of piperidine rings is 1. The van der Waals surface area contributed by atoms with Gasteiger partial charge in [-0.25, -0.2) is 0 Å². The maximum atomic E-state index is 11.4. The molecule has 1 heterocycles. The molecule has 0 aromatic carbocycles. The van der Waals surface area contributed by atoms with Crippen LogP contribution in [0.25, 0.3) is 0 Å². The molecule has 21 heavy (non-hydrogen) atoms. The number of carbonyl (C=O) groups excluding carboxylic acids is 1.